The second-order valence-electron chi connectivity index (χ2n) is 5.77. The van der Waals surface area contributed by atoms with E-state index >= 15 is 0 Å². The van der Waals surface area contributed by atoms with Gasteiger partial charge in [0, 0.05) is 17.7 Å². The van der Waals surface area contributed by atoms with Gasteiger partial charge in [-0.3, -0.25) is 4.79 Å². The molecule has 0 atom stereocenters. The van der Waals surface area contributed by atoms with Crippen molar-refractivity contribution < 1.29 is 9.84 Å². The van der Waals surface area contributed by atoms with Crippen LogP contribution in [0.3, 0.4) is 0 Å². The van der Waals surface area contributed by atoms with Crippen LogP contribution in [0.25, 0.3) is 11.3 Å². The van der Waals surface area contributed by atoms with Gasteiger partial charge in [-0.1, -0.05) is 26.0 Å². The number of methoxy groups -OCH3 is 1. The zero-order chi connectivity index (χ0) is 16.1. The average Bonchev–Trinajstić information content (AvgIpc) is 2.53. The first-order chi connectivity index (χ1) is 10.6. The van der Waals surface area contributed by atoms with E-state index in [9.17, 15) is 9.90 Å². The van der Waals surface area contributed by atoms with Gasteiger partial charge in [-0.15, -0.1) is 0 Å². The van der Waals surface area contributed by atoms with Crippen molar-refractivity contribution in [2.75, 3.05) is 7.11 Å². The third kappa shape index (κ3) is 3.57. The van der Waals surface area contributed by atoms with Crippen LogP contribution in [0.1, 0.15) is 25.8 Å². The molecular weight excluding hydrogens is 278 g/mol. The summed E-state index contributed by atoms with van der Waals surface area (Å²) in [6, 6.07) is 11.2. The average molecular weight is 301 g/mol. The molecule has 0 aliphatic rings. The number of aliphatic hydroxyl groups is 1. The smallest absolute Gasteiger partial charge is 0.256 e. The van der Waals surface area contributed by atoms with Gasteiger partial charge in [0.15, 0.2) is 0 Å². The molecule has 0 unspecified atom stereocenters. The maximum Gasteiger partial charge on any atom is 0.256 e. The lowest BCUT2D eigenvalue weighted by molar-refractivity contribution is 0.279. The molecule has 0 spiro atoms. The Bertz CT molecular complexity index is 689. The second kappa shape index (κ2) is 7.27. The van der Waals surface area contributed by atoms with E-state index in [1.54, 1.807) is 17.7 Å². The summed E-state index contributed by atoms with van der Waals surface area (Å²) in [6.45, 7) is 4.66. The van der Waals surface area contributed by atoms with Crippen molar-refractivity contribution in [3.63, 3.8) is 0 Å². The van der Waals surface area contributed by atoms with Crippen LogP contribution in [0, 0.1) is 5.92 Å². The summed E-state index contributed by atoms with van der Waals surface area (Å²) >= 11 is 0. The minimum absolute atomic E-state index is 0.122. The zero-order valence-corrected chi connectivity index (χ0v) is 13.4. The molecule has 0 bridgehead atoms. The Kier molecular flexibility index (Phi) is 5.39. The highest BCUT2D eigenvalue weighted by Crippen LogP contribution is 2.23. The Morgan fingerprint density at radius 1 is 1.23 bits per heavy atom. The Hall–Kier alpha value is -2.07. The van der Waals surface area contributed by atoms with Crippen LogP contribution in [0.2, 0.25) is 0 Å². The summed E-state index contributed by atoms with van der Waals surface area (Å²) in [5, 5.41) is 9.33. The molecule has 0 aliphatic heterocycles. The minimum Gasteiger partial charge on any atom is -0.497 e. The molecule has 4 heteroatoms. The molecule has 2 aromatic rings. The maximum absolute atomic E-state index is 12.5. The Morgan fingerprint density at radius 3 is 2.64 bits per heavy atom. The SMILES string of the molecule is COc1cccc(-c2ccc(CO)c(=O)n2CCC(C)C)c1. The Morgan fingerprint density at radius 2 is 2.00 bits per heavy atom. The lowest BCUT2D eigenvalue weighted by atomic mass is 10.1. The van der Waals surface area contributed by atoms with Gasteiger partial charge in [-0.25, -0.2) is 0 Å². The van der Waals surface area contributed by atoms with Gasteiger partial charge in [0.25, 0.3) is 5.56 Å². The number of nitrogens with zero attached hydrogens (tertiary/aromatic N) is 1. The molecule has 0 saturated heterocycles. The normalized spacial score (nSPS) is 11.0. The van der Waals surface area contributed by atoms with Crippen LogP contribution in [0.4, 0.5) is 0 Å². The van der Waals surface area contributed by atoms with Gasteiger partial charge < -0.3 is 14.4 Å². The van der Waals surface area contributed by atoms with E-state index in [0.29, 0.717) is 18.0 Å². The number of rotatable bonds is 6. The highest BCUT2D eigenvalue weighted by atomic mass is 16.5. The zero-order valence-electron chi connectivity index (χ0n) is 13.4. The quantitative estimate of drug-likeness (QED) is 0.892. The summed E-state index contributed by atoms with van der Waals surface area (Å²) in [5.74, 6) is 1.26. The molecule has 0 amide bonds. The van der Waals surface area contributed by atoms with Crippen molar-refractivity contribution in [1.82, 2.24) is 4.57 Å². The summed E-state index contributed by atoms with van der Waals surface area (Å²) < 4.78 is 7.01. The van der Waals surface area contributed by atoms with Crippen LogP contribution in [-0.4, -0.2) is 16.8 Å². The predicted molar refractivity (Wildman–Crippen MR) is 88.1 cm³/mol. The monoisotopic (exact) mass is 301 g/mol. The van der Waals surface area contributed by atoms with Gasteiger partial charge in [0.05, 0.1) is 19.4 Å². The fourth-order valence-electron chi connectivity index (χ4n) is 2.39. The first kappa shape index (κ1) is 16.3. The van der Waals surface area contributed by atoms with Crippen LogP contribution < -0.4 is 10.3 Å². The van der Waals surface area contributed by atoms with Crippen LogP contribution >= 0.6 is 0 Å². The van der Waals surface area contributed by atoms with Crippen molar-refractivity contribution in [3.8, 4) is 17.0 Å². The molecule has 0 aliphatic carbocycles. The minimum atomic E-state index is -0.237. The number of benzene rings is 1. The number of ether oxygens (including phenoxy) is 1. The van der Waals surface area contributed by atoms with E-state index in [2.05, 4.69) is 13.8 Å². The molecule has 1 heterocycles. The highest BCUT2D eigenvalue weighted by molar-refractivity contribution is 5.62. The molecule has 2 rings (SSSR count). The van der Waals surface area contributed by atoms with Crippen LogP contribution in [0.5, 0.6) is 5.75 Å². The molecular formula is C18H23NO3. The molecule has 22 heavy (non-hydrogen) atoms. The number of hydrogen-bond acceptors (Lipinski definition) is 3. The van der Waals surface area contributed by atoms with Gasteiger partial charge >= 0.3 is 0 Å². The standard InChI is InChI=1S/C18H23NO3/c1-13(2)9-10-19-17(8-7-15(12-20)18(19)21)14-5-4-6-16(11-14)22-3/h4-8,11,13,20H,9-10,12H2,1-3H3. The van der Waals surface area contributed by atoms with Crippen molar-refractivity contribution in [2.24, 2.45) is 5.92 Å². The number of aromatic nitrogens is 1. The maximum atomic E-state index is 12.5. The number of aliphatic hydroxyl groups excluding tert-OH is 1. The highest BCUT2D eigenvalue weighted by Gasteiger charge is 2.11. The third-order valence-corrected chi connectivity index (χ3v) is 3.72. The first-order valence-corrected chi connectivity index (χ1v) is 7.54. The van der Waals surface area contributed by atoms with Gasteiger partial charge in [0.2, 0.25) is 0 Å². The van der Waals surface area contributed by atoms with Crippen molar-refractivity contribution in [2.45, 2.75) is 33.4 Å². The van der Waals surface area contributed by atoms with Crippen LogP contribution in [-0.2, 0) is 13.2 Å². The van der Waals surface area contributed by atoms with Gasteiger partial charge in [-0.2, -0.15) is 0 Å². The Labute approximate surface area is 131 Å². The van der Waals surface area contributed by atoms with E-state index in [0.717, 1.165) is 23.4 Å². The van der Waals surface area contributed by atoms with Gasteiger partial charge in [0.1, 0.15) is 5.75 Å². The largest absolute Gasteiger partial charge is 0.497 e. The molecule has 0 fully saturated rings. The molecule has 0 radical (unpaired) electrons. The molecule has 1 aromatic carbocycles. The first-order valence-electron chi connectivity index (χ1n) is 7.54. The lowest BCUT2D eigenvalue weighted by Crippen LogP contribution is -2.25. The molecule has 0 saturated carbocycles. The van der Waals surface area contributed by atoms with E-state index in [1.165, 1.54) is 0 Å². The second-order valence-corrected chi connectivity index (χ2v) is 5.77. The molecule has 118 valence electrons. The summed E-state index contributed by atoms with van der Waals surface area (Å²) in [7, 11) is 1.62. The number of pyridine rings is 1. The molecule has 4 nitrogen and oxygen atoms in total. The van der Waals surface area contributed by atoms with Gasteiger partial charge in [-0.05, 0) is 36.6 Å². The predicted octanol–water partition coefficient (Wildman–Crippen LogP) is 3.06. The topological polar surface area (TPSA) is 51.5 Å². The summed E-state index contributed by atoms with van der Waals surface area (Å²) in [6.07, 6.45) is 0.908. The van der Waals surface area contributed by atoms with Crippen molar-refractivity contribution >= 4 is 0 Å². The van der Waals surface area contributed by atoms with E-state index in [-0.39, 0.29) is 12.2 Å². The molecule has 1 N–H and O–H groups in total. The molecule has 1 aromatic heterocycles. The Balaban J connectivity index is 2.53. The number of hydrogen-bond donors (Lipinski definition) is 1. The summed E-state index contributed by atoms with van der Waals surface area (Å²) in [4.78, 5) is 12.5. The van der Waals surface area contributed by atoms with Crippen molar-refractivity contribution in [1.29, 1.82) is 0 Å². The van der Waals surface area contributed by atoms with E-state index in [1.807, 2.05) is 30.3 Å². The fraction of sp³-hybridized carbons (Fsp3) is 0.389. The lowest BCUT2D eigenvalue weighted by Gasteiger charge is -2.16. The van der Waals surface area contributed by atoms with Crippen molar-refractivity contribution in [3.05, 3.63) is 52.3 Å². The fourth-order valence-corrected chi connectivity index (χ4v) is 2.39. The van der Waals surface area contributed by atoms with Crippen LogP contribution in [0.15, 0.2) is 41.2 Å². The van der Waals surface area contributed by atoms with E-state index in [4.69, 9.17) is 4.74 Å². The van der Waals surface area contributed by atoms with E-state index < -0.39 is 0 Å². The summed E-state index contributed by atoms with van der Waals surface area (Å²) in [5.41, 5.74) is 2.09. The third-order valence-electron chi connectivity index (χ3n) is 3.72.